The molecule has 1 fully saturated rings. The quantitative estimate of drug-likeness (QED) is 0.612. The Morgan fingerprint density at radius 1 is 1.00 bits per heavy atom. The molecular formula is C14H20N2S4. The number of rotatable bonds is 2. The van der Waals surface area contributed by atoms with Crippen LogP contribution in [0.4, 0.5) is 5.69 Å². The molecule has 0 aromatic heterocycles. The molecule has 0 N–H and O–H groups in total. The molecule has 0 unspecified atom stereocenters. The largest absolute Gasteiger partial charge is 0.368 e. The molecule has 1 aromatic rings. The summed E-state index contributed by atoms with van der Waals surface area (Å²) >= 11 is 18.4. The first-order valence-corrected chi connectivity index (χ1v) is 8.73. The van der Waals surface area contributed by atoms with Crippen LogP contribution in [0.25, 0.3) is 0 Å². The van der Waals surface area contributed by atoms with Gasteiger partial charge in [0, 0.05) is 38.7 Å². The molecule has 0 saturated carbocycles. The predicted octanol–water partition coefficient (Wildman–Crippen LogP) is 3.30. The lowest BCUT2D eigenvalue weighted by atomic mass is 10.1. The van der Waals surface area contributed by atoms with Gasteiger partial charge in [-0.3, -0.25) is 0 Å². The molecule has 2 aliphatic rings. The van der Waals surface area contributed by atoms with Crippen LogP contribution in [0.5, 0.6) is 0 Å². The number of hydrogen-bond donors (Lipinski definition) is 4. The molecule has 2 nitrogen and oxygen atoms in total. The number of anilines is 1. The van der Waals surface area contributed by atoms with Gasteiger partial charge in [-0.1, -0.05) is 0 Å². The van der Waals surface area contributed by atoms with Gasteiger partial charge in [-0.2, -0.15) is 0 Å². The van der Waals surface area contributed by atoms with Gasteiger partial charge in [-0.15, -0.1) is 50.5 Å². The summed E-state index contributed by atoms with van der Waals surface area (Å²) in [5, 5.41) is 0. The molecule has 0 spiro atoms. The summed E-state index contributed by atoms with van der Waals surface area (Å²) in [4.78, 5) is 8.52. The average molecular weight is 345 g/mol. The van der Waals surface area contributed by atoms with Crippen LogP contribution in [0, 0.1) is 0 Å². The molecule has 1 aromatic carbocycles. The molecule has 0 radical (unpaired) electrons. The lowest BCUT2D eigenvalue weighted by Crippen LogP contribution is -2.38. The highest BCUT2D eigenvalue weighted by molar-refractivity contribution is 7.86. The van der Waals surface area contributed by atoms with Gasteiger partial charge < -0.3 is 9.80 Å². The van der Waals surface area contributed by atoms with Crippen LogP contribution >= 0.6 is 50.5 Å². The zero-order chi connectivity index (χ0) is 14.4. The number of likely N-dealkylation sites (tertiary alicyclic amines) is 1. The fourth-order valence-corrected chi connectivity index (χ4v) is 4.68. The first kappa shape index (κ1) is 15.3. The highest BCUT2D eigenvalue weighted by Crippen LogP contribution is 2.45. The Morgan fingerprint density at radius 3 is 2.35 bits per heavy atom. The summed E-state index contributed by atoms with van der Waals surface area (Å²) in [6.45, 7) is 3.33. The maximum absolute atomic E-state index is 4.68. The SMILES string of the molecule is CN1CCC[C@@H]1CN1CCc2c(S)c(S)c(S)c(S)c21. The van der Waals surface area contributed by atoms with Crippen LogP contribution in [0.2, 0.25) is 0 Å². The van der Waals surface area contributed by atoms with Crippen molar-refractivity contribution < 1.29 is 0 Å². The van der Waals surface area contributed by atoms with Gasteiger partial charge in [0.1, 0.15) is 0 Å². The standard InChI is InChI=1S/C14H20N2S4/c1-15-5-2-3-8(15)7-16-6-4-9-10(16)12(18)14(20)13(19)11(9)17/h8,17-20H,2-7H2,1H3/t8-/m1/s1. The van der Waals surface area contributed by atoms with E-state index in [4.69, 9.17) is 0 Å². The van der Waals surface area contributed by atoms with Crippen LogP contribution in [0.1, 0.15) is 18.4 Å². The second-order valence-corrected chi connectivity index (χ2v) is 7.48. The third kappa shape index (κ3) is 2.47. The molecule has 3 rings (SSSR count). The van der Waals surface area contributed by atoms with E-state index in [1.165, 1.54) is 30.6 Å². The average Bonchev–Trinajstić information content (AvgIpc) is 3.02. The van der Waals surface area contributed by atoms with Crippen molar-refractivity contribution in [1.29, 1.82) is 0 Å². The summed E-state index contributed by atoms with van der Waals surface area (Å²) in [5.74, 6) is 0. The van der Waals surface area contributed by atoms with Crippen molar-refractivity contribution in [2.75, 3.05) is 31.6 Å². The van der Waals surface area contributed by atoms with Crippen molar-refractivity contribution in [3.63, 3.8) is 0 Å². The second-order valence-electron chi connectivity index (χ2n) is 5.69. The van der Waals surface area contributed by atoms with Gasteiger partial charge in [0.2, 0.25) is 0 Å². The van der Waals surface area contributed by atoms with Crippen molar-refractivity contribution in [2.24, 2.45) is 0 Å². The normalized spacial score (nSPS) is 22.6. The summed E-state index contributed by atoms with van der Waals surface area (Å²) < 4.78 is 0. The second kappa shape index (κ2) is 5.88. The van der Waals surface area contributed by atoms with Crippen molar-refractivity contribution >= 4 is 56.2 Å². The minimum Gasteiger partial charge on any atom is -0.368 e. The van der Waals surface area contributed by atoms with E-state index in [1.807, 2.05) is 0 Å². The Morgan fingerprint density at radius 2 is 1.70 bits per heavy atom. The summed E-state index contributed by atoms with van der Waals surface area (Å²) in [5.41, 5.74) is 2.50. The number of fused-ring (bicyclic) bond motifs is 1. The molecule has 1 saturated heterocycles. The van der Waals surface area contributed by atoms with Crippen LogP contribution < -0.4 is 4.90 Å². The Bertz CT molecular complexity index is 547. The first-order chi connectivity index (χ1) is 9.50. The Hall–Kier alpha value is 0.380. The van der Waals surface area contributed by atoms with E-state index >= 15 is 0 Å². The van der Waals surface area contributed by atoms with Crippen molar-refractivity contribution in [3.8, 4) is 0 Å². The molecule has 0 amide bonds. The van der Waals surface area contributed by atoms with Crippen molar-refractivity contribution in [3.05, 3.63) is 5.56 Å². The third-order valence-corrected chi connectivity index (χ3v) is 6.87. The maximum Gasteiger partial charge on any atom is 0.0559 e. The highest BCUT2D eigenvalue weighted by Gasteiger charge is 2.30. The highest BCUT2D eigenvalue weighted by atomic mass is 32.1. The van der Waals surface area contributed by atoms with Crippen LogP contribution in [0.3, 0.4) is 0 Å². The molecule has 110 valence electrons. The zero-order valence-corrected chi connectivity index (χ0v) is 15.1. The summed E-state index contributed by atoms with van der Waals surface area (Å²) in [6, 6.07) is 0.649. The molecule has 2 heterocycles. The van der Waals surface area contributed by atoms with E-state index in [0.29, 0.717) is 6.04 Å². The van der Waals surface area contributed by atoms with Crippen molar-refractivity contribution in [2.45, 2.75) is 44.9 Å². The zero-order valence-electron chi connectivity index (χ0n) is 11.5. The van der Waals surface area contributed by atoms with Gasteiger partial charge in [-0.05, 0) is 38.4 Å². The Kier molecular flexibility index (Phi) is 4.49. The number of benzene rings is 1. The summed E-state index contributed by atoms with van der Waals surface area (Å²) in [7, 11) is 2.22. The van der Waals surface area contributed by atoms with Crippen LogP contribution in [0.15, 0.2) is 19.6 Å². The molecule has 6 heteroatoms. The van der Waals surface area contributed by atoms with E-state index in [1.54, 1.807) is 0 Å². The van der Waals surface area contributed by atoms with E-state index in [9.17, 15) is 0 Å². The van der Waals surface area contributed by atoms with E-state index in [0.717, 1.165) is 39.1 Å². The topological polar surface area (TPSA) is 6.48 Å². The molecule has 0 aliphatic carbocycles. The van der Waals surface area contributed by atoms with Gasteiger partial charge >= 0.3 is 0 Å². The minimum atomic E-state index is 0.649. The summed E-state index contributed by atoms with van der Waals surface area (Å²) in [6.07, 6.45) is 3.62. The van der Waals surface area contributed by atoms with Crippen molar-refractivity contribution in [1.82, 2.24) is 4.90 Å². The third-order valence-electron chi connectivity index (χ3n) is 4.52. The number of likely N-dealkylation sites (N-methyl/N-ethyl adjacent to an activating group) is 1. The van der Waals surface area contributed by atoms with Gasteiger partial charge in [0.15, 0.2) is 0 Å². The Labute approximate surface area is 142 Å². The number of hydrogen-bond acceptors (Lipinski definition) is 6. The lowest BCUT2D eigenvalue weighted by molar-refractivity contribution is 0.312. The molecular weight excluding hydrogens is 324 g/mol. The first-order valence-electron chi connectivity index (χ1n) is 6.94. The van der Waals surface area contributed by atoms with Crippen LogP contribution in [-0.2, 0) is 6.42 Å². The van der Waals surface area contributed by atoms with E-state index < -0.39 is 0 Å². The number of thiol groups is 4. The molecule has 1 atom stereocenters. The number of nitrogens with zero attached hydrogens (tertiary/aromatic N) is 2. The lowest BCUT2D eigenvalue weighted by Gasteiger charge is -2.29. The Balaban J connectivity index is 1.93. The monoisotopic (exact) mass is 344 g/mol. The minimum absolute atomic E-state index is 0.649. The van der Waals surface area contributed by atoms with E-state index in [2.05, 4.69) is 67.4 Å². The maximum atomic E-state index is 4.68. The molecule has 2 aliphatic heterocycles. The van der Waals surface area contributed by atoms with E-state index in [-0.39, 0.29) is 0 Å². The predicted molar refractivity (Wildman–Crippen MR) is 97.0 cm³/mol. The fraction of sp³-hybridized carbons (Fsp3) is 0.571. The fourth-order valence-electron chi connectivity index (χ4n) is 3.32. The van der Waals surface area contributed by atoms with Gasteiger partial charge in [-0.25, -0.2) is 0 Å². The molecule has 0 bridgehead atoms. The molecule has 20 heavy (non-hydrogen) atoms. The van der Waals surface area contributed by atoms with Crippen LogP contribution in [-0.4, -0.2) is 37.6 Å². The van der Waals surface area contributed by atoms with Gasteiger partial charge in [0.05, 0.1) is 5.69 Å². The smallest absolute Gasteiger partial charge is 0.0559 e. The van der Waals surface area contributed by atoms with Gasteiger partial charge in [0.25, 0.3) is 0 Å².